The monoisotopic (exact) mass is 511 g/mol. The topological polar surface area (TPSA) is 121 Å². The number of carbonyl (C=O) groups excluding carboxylic acids is 3. The number of oxime groups is 1. The Balaban J connectivity index is 1.44. The third-order valence-corrected chi connectivity index (χ3v) is 7.48. The Morgan fingerprint density at radius 2 is 1.97 bits per heavy atom. The molecule has 5 unspecified atom stereocenters. The largest absolute Gasteiger partial charge is 0.514 e. The van der Waals surface area contributed by atoms with Crippen molar-refractivity contribution in [2.24, 2.45) is 28.8 Å². The van der Waals surface area contributed by atoms with E-state index in [4.69, 9.17) is 19.0 Å². The Bertz CT molecular complexity index is 1190. The first-order chi connectivity index (χ1) is 17.6. The van der Waals surface area contributed by atoms with Crippen LogP contribution in [0.1, 0.15) is 69.3 Å². The Labute approximate surface area is 215 Å². The zero-order chi connectivity index (χ0) is 26.5. The normalized spacial score (nSPS) is 28.3. The average Bonchev–Trinajstić information content (AvgIpc) is 3.20. The first kappa shape index (κ1) is 25.3. The van der Waals surface area contributed by atoms with E-state index >= 15 is 0 Å². The quantitative estimate of drug-likeness (QED) is 0.343. The van der Waals surface area contributed by atoms with E-state index in [1.54, 1.807) is 26.8 Å². The molecular formula is C28H33NO8. The van der Waals surface area contributed by atoms with E-state index in [1.165, 1.54) is 6.07 Å². The van der Waals surface area contributed by atoms with Crippen LogP contribution in [0.4, 0.5) is 4.79 Å². The minimum atomic E-state index is -0.914. The number of aliphatic hydroxyl groups excluding tert-OH is 1. The van der Waals surface area contributed by atoms with Crippen LogP contribution in [0.2, 0.25) is 0 Å². The highest BCUT2D eigenvalue weighted by molar-refractivity contribution is 6.14. The summed E-state index contributed by atoms with van der Waals surface area (Å²) in [6, 6.07) is 5.09. The number of ketones is 2. The third kappa shape index (κ3) is 4.60. The standard InChI is InChI=1S/C28H33NO8/c1-5-6-10-34-26-22-18(37-29-26)13-16-12-15-11-14-8-7-9-17(35-27(33)36-28(2,3)4)19(14)23(30)20(15)24(31)21(16)25(22)32/h7-9,15-16,18,21-22,31H,5-6,10-13H2,1-4H3. The van der Waals surface area contributed by atoms with Crippen LogP contribution < -0.4 is 4.74 Å². The molecule has 0 radical (unpaired) electrons. The maximum atomic E-state index is 13.8. The summed E-state index contributed by atoms with van der Waals surface area (Å²) < 4.78 is 16.4. The van der Waals surface area contributed by atoms with E-state index in [9.17, 15) is 19.5 Å². The van der Waals surface area contributed by atoms with Gasteiger partial charge in [0, 0.05) is 5.57 Å². The Hall–Kier alpha value is -3.36. The lowest BCUT2D eigenvalue weighted by atomic mass is 9.60. The van der Waals surface area contributed by atoms with Crippen molar-refractivity contribution in [1.29, 1.82) is 0 Å². The molecule has 0 bridgehead atoms. The van der Waals surface area contributed by atoms with Crippen molar-refractivity contribution in [3.63, 3.8) is 0 Å². The number of rotatable bonds is 4. The van der Waals surface area contributed by atoms with Crippen molar-refractivity contribution in [2.45, 2.75) is 71.5 Å². The number of benzene rings is 1. The van der Waals surface area contributed by atoms with E-state index < -0.39 is 35.5 Å². The van der Waals surface area contributed by atoms with Gasteiger partial charge in [0.25, 0.3) is 0 Å². The summed E-state index contributed by atoms with van der Waals surface area (Å²) in [5.74, 6) is -2.42. The first-order valence-corrected chi connectivity index (χ1v) is 13.0. The van der Waals surface area contributed by atoms with Crippen molar-refractivity contribution >= 4 is 23.6 Å². The number of allylic oxidation sites excluding steroid dienone is 2. The summed E-state index contributed by atoms with van der Waals surface area (Å²) in [6.45, 7) is 7.64. The van der Waals surface area contributed by atoms with Crippen LogP contribution in [0.15, 0.2) is 34.7 Å². The predicted molar refractivity (Wildman–Crippen MR) is 132 cm³/mol. The van der Waals surface area contributed by atoms with Crippen LogP contribution in [0.25, 0.3) is 0 Å². The fourth-order valence-corrected chi connectivity index (χ4v) is 5.97. The predicted octanol–water partition coefficient (Wildman–Crippen LogP) is 4.92. The highest BCUT2D eigenvalue weighted by Crippen LogP contribution is 2.51. The van der Waals surface area contributed by atoms with Gasteiger partial charge in [0.15, 0.2) is 11.6 Å². The lowest BCUT2D eigenvalue weighted by molar-refractivity contribution is -0.135. The van der Waals surface area contributed by atoms with Crippen molar-refractivity contribution in [2.75, 3.05) is 6.61 Å². The number of hydrogen-bond acceptors (Lipinski definition) is 9. The summed E-state index contributed by atoms with van der Waals surface area (Å²) in [6.07, 6.45) is 2.04. The molecule has 9 nitrogen and oxygen atoms in total. The first-order valence-electron chi connectivity index (χ1n) is 13.0. The lowest BCUT2D eigenvalue weighted by Crippen LogP contribution is -2.49. The zero-order valence-electron chi connectivity index (χ0n) is 21.6. The molecule has 3 aliphatic carbocycles. The van der Waals surface area contributed by atoms with Gasteiger partial charge in [0.2, 0.25) is 5.90 Å². The number of carbonyl (C=O) groups is 3. The number of unbranched alkanes of at least 4 members (excludes halogenated alkanes) is 1. The number of hydrogen-bond donors (Lipinski definition) is 1. The van der Waals surface area contributed by atoms with Crippen LogP contribution in [-0.2, 0) is 25.5 Å². The molecule has 4 aliphatic rings. The van der Waals surface area contributed by atoms with E-state index in [-0.39, 0.29) is 46.2 Å². The van der Waals surface area contributed by atoms with Crippen LogP contribution in [0, 0.1) is 23.7 Å². The van der Waals surface area contributed by atoms with Crippen molar-refractivity contribution in [1.82, 2.24) is 0 Å². The van der Waals surface area contributed by atoms with E-state index in [0.29, 0.717) is 25.9 Å². The smallest absolute Gasteiger partial charge is 0.511 e. The van der Waals surface area contributed by atoms with E-state index in [0.717, 1.165) is 18.4 Å². The van der Waals surface area contributed by atoms with Crippen molar-refractivity contribution < 1.29 is 38.5 Å². The number of ether oxygens (including phenoxy) is 3. The van der Waals surface area contributed by atoms with Crippen molar-refractivity contribution in [3.05, 3.63) is 40.7 Å². The molecule has 1 aliphatic heterocycles. The SMILES string of the molecule is CCCCOC1=NOC2CC3CC4Cc5cccc(OC(=O)OC(C)(C)C)c5C(=O)C4=C(O)C3C(=O)C12. The van der Waals surface area contributed by atoms with Crippen LogP contribution >= 0.6 is 0 Å². The Kier molecular flexibility index (Phi) is 6.50. The second kappa shape index (κ2) is 9.50. The highest BCUT2D eigenvalue weighted by atomic mass is 16.7. The minimum Gasteiger partial charge on any atom is -0.511 e. The van der Waals surface area contributed by atoms with Crippen LogP contribution in [0.5, 0.6) is 5.75 Å². The molecule has 0 aromatic heterocycles. The molecule has 1 saturated carbocycles. The lowest BCUT2D eigenvalue weighted by Gasteiger charge is -2.43. The van der Waals surface area contributed by atoms with Crippen molar-refractivity contribution in [3.8, 4) is 5.75 Å². The molecule has 198 valence electrons. The molecule has 1 aromatic carbocycles. The summed E-state index contributed by atoms with van der Waals surface area (Å²) in [7, 11) is 0. The maximum Gasteiger partial charge on any atom is 0.514 e. The fraction of sp³-hybridized carbons (Fsp3) is 0.571. The molecule has 5 rings (SSSR count). The molecule has 0 amide bonds. The number of aliphatic hydroxyl groups is 1. The molecule has 1 N–H and O–H groups in total. The molecule has 1 aromatic rings. The van der Waals surface area contributed by atoms with Gasteiger partial charge in [-0.15, -0.1) is 0 Å². The molecule has 1 heterocycles. The van der Waals surface area contributed by atoms with E-state index in [2.05, 4.69) is 5.16 Å². The summed E-state index contributed by atoms with van der Waals surface area (Å²) in [5.41, 5.74) is 0.425. The molecule has 1 fully saturated rings. The summed E-state index contributed by atoms with van der Waals surface area (Å²) >= 11 is 0. The second-order valence-corrected chi connectivity index (χ2v) is 11.3. The molecule has 37 heavy (non-hydrogen) atoms. The third-order valence-electron chi connectivity index (χ3n) is 7.48. The van der Waals surface area contributed by atoms with Gasteiger partial charge in [0.1, 0.15) is 29.1 Å². The highest BCUT2D eigenvalue weighted by Gasteiger charge is 2.56. The molecule has 5 atom stereocenters. The zero-order valence-corrected chi connectivity index (χ0v) is 21.6. The van der Waals surface area contributed by atoms with Gasteiger partial charge in [0.05, 0.1) is 18.1 Å². The second-order valence-electron chi connectivity index (χ2n) is 11.3. The van der Waals surface area contributed by atoms with Gasteiger partial charge in [-0.1, -0.05) is 30.6 Å². The summed E-state index contributed by atoms with van der Waals surface area (Å²) in [5, 5.41) is 15.4. The molecule has 9 heteroatoms. The fourth-order valence-electron chi connectivity index (χ4n) is 5.97. The van der Waals surface area contributed by atoms with Gasteiger partial charge in [-0.2, -0.15) is 0 Å². The number of Topliss-reactive ketones (excluding diaryl/α,β-unsaturated/α-hetero) is 2. The van der Waals surface area contributed by atoms with Gasteiger partial charge < -0.3 is 24.2 Å². The van der Waals surface area contributed by atoms with Gasteiger partial charge in [-0.25, -0.2) is 4.79 Å². The van der Waals surface area contributed by atoms with Gasteiger partial charge in [-0.05, 0) is 69.9 Å². The average molecular weight is 512 g/mol. The van der Waals surface area contributed by atoms with Crippen LogP contribution in [-0.4, -0.2) is 47.0 Å². The Morgan fingerprint density at radius 3 is 2.70 bits per heavy atom. The maximum absolute atomic E-state index is 13.8. The molecular weight excluding hydrogens is 478 g/mol. The number of nitrogens with zero attached hydrogens (tertiary/aromatic N) is 1. The minimum absolute atomic E-state index is 0.0793. The van der Waals surface area contributed by atoms with Gasteiger partial charge in [-0.3, -0.25) is 9.59 Å². The Morgan fingerprint density at radius 1 is 1.19 bits per heavy atom. The molecule has 0 spiro atoms. The van der Waals surface area contributed by atoms with Gasteiger partial charge >= 0.3 is 6.16 Å². The number of fused-ring (bicyclic) bond motifs is 4. The van der Waals surface area contributed by atoms with Crippen LogP contribution in [0.3, 0.4) is 0 Å². The molecule has 0 saturated heterocycles. The van der Waals surface area contributed by atoms with E-state index in [1.807, 2.05) is 13.0 Å². The summed E-state index contributed by atoms with van der Waals surface area (Å²) in [4.78, 5) is 45.3.